The van der Waals surface area contributed by atoms with Gasteiger partial charge in [-0.15, -0.1) is 0 Å². The highest BCUT2D eigenvalue weighted by Crippen LogP contribution is 2.41. The number of amides is 1. The standard InChI is InChI=1S/C23H19Cl2N5O5/c1-5-18(31)27-12-10-30(2)29-23(12)28-17-7-6-13-11(26-17)8-16(35-13)22(32)19-20(24)14(33-3)9-15(34-4)21(19)25/h5-10H,1H2,2-4H3,(H,27,31)(H,26,28,29). The van der Waals surface area contributed by atoms with E-state index in [0.29, 0.717) is 28.4 Å². The molecule has 0 saturated carbocycles. The fourth-order valence-corrected chi connectivity index (χ4v) is 3.96. The Morgan fingerprint density at radius 1 is 1.14 bits per heavy atom. The molecule has 0 aliphatic rings. The Bertz CT molecular complexity index is 1450. The van der Waals surface area contributed by atoms with Crippen LogP contribution in [0.2, 0.25) is 10.0 Å². The molecule has 3 heterocycles. The molecule has 3 aromatic heterocycles. The fourth-order valence-electron chi connectivity index (χ4n) is 3.29. The number of rotatable bonds is 8. The molecule has 180 valence electrons. The van der Waals surface area contributed by atoms with E-state index in [4.69, 9.17) is 37.1 Å². The number of pyridine rings is 1. The van der Waals surface area contributed by atoms with Crippen LogP contribution >= 0.6 is 23.2 Å². The van der Waals surface area contributed by atoms with Gasteiger partial charge in [-0.2, -0.15) is 5.10 Å². The van der Waals surface area contributed by atoms with Gasteiger partial charge < -0.3 is 24.5 Å². The number of nitrogens with one attached hydrogen (secondary N) is 2. The van der Waals surface area contributed by atoms with E-state index < -0.39 is 5.78 Å². The molecule has 0 atom stereocenters. The summed E-state index contributed by atoms with van der Waals surface area (Å²) in [6.07, 6.45) is 2.79. The highest BCUT2D eigenvalue weighted by Gasteiger charge is 2.26. The van der Waals surface area contributed by atoms with Crippen molar-refractivity contribution in [3.05, 3.63) is 64.5 Å². The maximum Gasteiger partial charge on any atom is 0.247 e. The zero-order valence-corrected chi connectivity index (χ0v) is 20.3. The molecule has 2 N–H and O–H groups in total. The van der Waals surface area contributed by atoms with Gasteiger partial charge in [0.2, 0.25) is 11.7 Å². The molecule has 0 aliphatic heterocycles. The van der Waals surface area contributed by atoms with Gasteiger partial charge in [0.15, 0.2) is 17.2 Å². The second kappa shape index (κ2) is 9.69. The van der Waals surface area contributed by atoms with Gasteiger partial charge in [-0.1, -0.05) is 29.8 Å². The molecular weight excluding hydrogens is 497 g/mol. The highest BCUT2D eigenvalue weighted by atomic mass is 35.5. The van der Waals surface area contributed by atoms with Crippen molar-refractivity contribution in [1.82, 2.24) is 14.8 Å². The summed E-state index contributed by atoms with van der Waals surface area (Å²) >= 11 is 12.7. The summed E-state index contributed by atoms with van der Waals surface area (Å²) in [6, 6.07) is 6.24. The van der Waals surface area contributed by atoms with Crippen molar-refractivity contribution in [3.63, 3.8) is 0 Å². The van der Waals surface area contributed by atoms with Gasteiger partial charge >= 0.3 is 0 Å². The minimum atomic E-state index is -0.566. The minimum absolute atomic E-state index is 0.0157. The van der Waals surface area contributed by atoms with E-state index in [2.05, 4.69) is 27.3 Å². The number of ether oxygens (including phenoxy) is 2. The second-order valence-corrected chi connectivity index (χ2v) is 7.94. The molecule has 0 radical (unpaired) electrons. The first-order valence-electron chi connectivity index (χ1n) is 10.0. The predicted molar refractivity (Wildman–Crippen MR) is 132 cm³/mol. The Morgan fingerprint density at radius 2 is 1.83 bits per heavy atom. The number of carbonyl (C=O) groups excluding carboxylic acids is 2. The quantitative estimate of drug-likeness (QED) is 0.249. The number of aromatic nitrogens is 3. The van der Waals surface area contributed by atoms with Crippen LogP contribution in [0.15, 0.2) is 47.5 Å². The van der Waals surface area contributed by atoms with Crippen molar-refractivity contribution in [2.45, 2.75) is 0 Å². The van der Waals surface area contributed by atoms with E-state index in [1.807, 2.05) is 0 Å². The number of methoxy groups -OCH3 is 2. The maximum absolute atomic E-state index is 13.3. The average Bonchev–Trinajstić information content (AvgIpc) is 3.41. The third kappa shape index (κ3) is 4.66. The lowest BCUT2D eigenvalue weighted by Gasteiger charge is -2.12. The third-order valence-corrected chi connectivity index (χ3v) is 5.67. The van der Waals surface area contributed by atoms with E-state index in [-0.39, 0.29) is 38.8 Å². The van der Waals surface area contributed by atoms with Crippen molar-refractivity contribution in [2.75, 3.05) is 24.9 Å². The molecule has 1 aromatic carbocycles. The molecule has 35 heavy (non-hydrogen) atoms. The van der Waals surface area contributed by atoms with Crippen LogP contribution in [0.3, 0.4) is 0 Å². The Morgan fingerprint density at radius 3 is 2.46 bits per heavy atom. The van der Waals surface area contributed by atoms with Crippen LogP contribution in [-0.2, 0) is 11.8 Å². The number of fused-ring (bicyclic) bond motifs is 1. The van der Waals surface area contributed by atoms with E-state index in [1.165, 1.54) is 31.0 Å². The second-order valence-electron chi connectivity index (χ2n) is 7.19. The normalized spacial score (nSPS) is 10.8. The summed E-state index contributed by atoms with van der Waals surface area (Å²) in [4.78, 5) is 29.4. The van der Waals surface area contributed by atoms with Crippen LogP contribution in [0.25, 0.3) is 11.1 Å². The first-order valence-corrected chi connectivity index (χ1v) is 10.8. The topological polar surface area (TPSA) is 121 Å². The monoisotopic (exact) mass is 515 g/mol. The van der Waals surface area contributed by atoms with E-state index in [9.17, 15) is 9.59 Å². The smallest absolute Gasteiger partial charge is 0.247 e. The largest absolute Gasteiger partial charge is 0.495 e. The van der Waals surface area contributed by atoms with E-state index in [1.54, 1.807) is 25.4 Å². The summed E-state index contributed by atoms with van der Waals surface area (Å²) in [5.74, 6) is 0.261. The van der Waals surface area contributed by atoms with Gasteiger partial charge in [0.05, 0.1) is 36.0 Å². The first-order chi connectivity index (χ1) is 16.7. The zero-order chi connectivity index (χ0) is 25.3. The fraction of sp³-hybridized carbons (Fsp3) is 0.130. The Kier molecular flexibility index (Phi) is 6.68. The Labute approximate surface area is 209 Å². The van der Waals surface area contributed by atoms with Crippen LogP contribution in [0.4, 0.5) is 17.3 Å². The lowest BCUT2D eigenvalue weighted by Crippen LogP contribution is -2.08. The SMILES string of the molecule is C=CC(=O)Nc1cn(C)nc1Nc1ccc2oc(C(=O)c3c(Cl)c(OC)cc(OC)c3Cl)cc2n1. The summed E-state index contributed by atoms with van der Waals surface area (Å²) in [5, 5.41) is 10.1. The average molecular weight is 516 g/mol. The molecule has 0 aliphatic carbocycles. The molecule has 1 amide bonds. The summed E-state index contributed by atoms with van der Waals surface area (Å²) < 4.78 is 17.7. The van der Waals surface area contributed by atoms with Crippen LogP contribution in [0, 0.1) is 0 Å². The molecule has 0 bridgehead atoms. The number of furan rings is 1. The van der Waals surface area contributed by atoms with Crippen molar-refractivity contribution in [3.8, 4) is 11.5 Å². The molecule has 0 saturated heterocycles. The van der Waals surface area contributed by atoms with Crippen molar-refractivity contribution < 1.29 is 23.5 Å². The first kappa shape index (κ1) is 24.1. The summed E-state index contributed by atoms with van der Waals surface area (Å²) in [6.45, 7) is 3.44. The maximum atomic E-state index is 13.3. The van der Waals surface area contributed by atoms with Crippen molar-refractivity contribution in [2.24, 2.45) is 7.05 Å². The zero-order valence-electron chi connectivity index (χ0n) is 18.8. The molecule has 12 heteroatoms. The summed E-state index contributed by atoms with van der Waals surface area (Å²) in [7, 11) is 4.54. The number of benzene rings is 1. The molecule has 4 rings (SSSR count). The third-order valence-electron chi connectivity index (χ3n) is 4.92. The number of nitrogens with zero attached hydrogens (tertiary/aromatic N) is 3. The van der Waals surface area contributed by atoms with Crippen LogP contribution in [0.5, 0.6) is 11.5 Å². The minimum Gasteiger partial charge on any atom is -0.495 e. The van der Waals surface area contributed by atoms with Crippen LogP contribution < -0.4 is 20.1 Å². The van der Waals surface area contributed by atoms with Crippen molar-refractivity contribution >= 4 is 63.3 Å². The van der Waals surface area contributed by atoms with Gasteiger partial charge in [0.1, 0.15) is 28.5 Å². The summed E-state index contributed by atoms with van der Waals surface area (Å²) in [5.41, 5.74) is 1.19. The van der Waals surface area contributed by atoms with Gasteiger partial charge in [-0.3, -0.25) is 14.3 Å². The van der Waals surface area contributed by atoms with E-state index >= 15 is 0 Å². The Hall–Kier alpha value is -4.02. The van der Waals surface area contributed by atoms with Gasteiger partial charge in [-0.05, 0) is 18.2 Å². The van der Waals surface area contributed by atoms with E-state index in [0.717, 1.165) is 6.08 Å². The number of anilines is 3. The number of hydrogen-bond donors (Lipinski definition) is 2. The van der Waals surface area contributed by atoms with Crippen LogP contribution in [0.1, 0.15) is 16.1 Å². The highest BCUT2D eigenvalue weighted by molar-refractivity contribution is 6.42. The Balaban J connectivity index is 1.68. The van der Waals surface area contributed by atoms with Gasteiger partial charge in [-0.25, -0.2) is 4.98 Å². The molecule has 0 unspecified atom stereocenters. The number of hydrogen-bond acceptors (Lipinski definition) is 8. The van der Waals surface area contributed by atoms with Crippen molar-refractivity contribution in [1.29, 1.82) is 0 Å². The van der Waals surface area contributed by atoms with Gasteiger partial charge in [0.25, 0.3) is 0 Å². The number of aryl methyl sites for hydroxylation is 1. The molecule has 0 fully saturated rings. The lowest BCUT2D eigenvalue weighted by molar-refractivity contribution is -0.111. The predicted octanol–water partition coefficient (Wildman–Crippen LogP) is 4.98. The number of halogens is 2. The molecule has 0 spiro atoms. The molecule has 4 aromatic rings. The number of ketones is 1. The van der Waals surface area contributed by atoms with Gasteiger partial charge in [0, 0.05) is 19.2 Å². The molecule has 10 nitrogen and oxygen atoms in total. The lowest BCUT2D eigenvalue weighted by atomic mass is 10.1. The molecular formula is C23H19Cl2N5O5. The van der Waals surface area contributed by atoms with Crippen LogP contribution in [-0.4, -0.2) is 40.7 Å². The number of carbonyl (C=O) groups is 2.